The van der Waals surface area contributed by atoms with Crippen molar-refractivity contribution in [1.29, 1.82) is 0 Å². The third kappa shape index (κ3) is 1.83. The Bertz CT molecular complexity index is 461. The van der Waals surface area contributed by atoms with Gasteiger partial charge in [-0.25, -0.2) is 0 Å². The van der Waals surface area contributed by atoms with Crippen molar-refractivity contribution in [2.45, 2.75) is 78.2 Å². The molecule has 0 radical (unpaired) electrons. The Hall–Kier alpha value is 0.310. The second kappa shape index (κ2) is 4.91. The summed E-state index contributed by atoms with van der Waals surface area (Å²) in [7, 11) is 0. The molecule has 1 nitrogen and oxygen atoms in total. The SMILES string of the molecule is CC1(C)CCCC2(C)C1CCC13CCC(CC21)C(CS)C3O. The van der Waals surface area contributed by atoms with Crippen LogP contribution in [-0.4, -0.2) is 17.0 Å². The van der Waals surface area contributed by atoms with Gasteiger partial charge in [0.2, 0.25) is 0 Å². The molecule has 0 aromatic rings. The Morgan fingerprint density at radius 2 is 1.73 bits per heavy atom. The first kappa shape index (κ1) is 15.8. The highest BCUT2D eigenvalue weighted by Crippen LogP contribution is 2.72. The molecule has 22 heavy (non-hydrogen) atoms. The summed E-state index contributed by atoms with van der Waals surface area (Å²) in [4.78, 5) is 0. The highest BCUT2D eigenvalue weighted by atomic mass is 32.1. The van der Waals surface area contributed by atoms with E-state index in [1.807, 2.05) is 0 Å². The minimum atomic E-state index is -0.0784. The first-order chi connectivity index (χ1) is 10.3. The molecule has 1 spiro atoms. The van der Waals surface area contributed by atoms with E-state index in [4.69, 9.17) is 0 Å². The maximum absolute atomic E-state index is 11.2. The highest BCUT2D eigenvalue weighted by Gasteiger charge is 2.66. The fourth-order valence-corrected chi connectivity index (χ4v) is 8.55. The van der Waals surface area contributed by atoms with Crippen LogP contribution in [0.15, 0.2) is 0 Å². The predicted molar refractivity (Wildman–Crippen MR) is 95.1 cm³/mol. The van der Waals surface area contributed by atoms with Crippen molar-refractivity contribution >= 4 is 12.6 Å². The van der Waals surface area contributed by atoms with Gasteiger partial charge in [0.05, 0.1) is 6.10 Å². The lowest BCUT2D eigenvalue weighted by Crippen LogP contribution is -2.66. The summed E-state index contributed by atoms with van der Waals surface area (Å²) in [5.41, 5.74) is 1.21. The number of fused-ring (bicyclic) bond motifs is 3. The first-order valence-electron chi connectivity index (χ1n) is 9.64. The summed E-state index contributed by atoms with van der Waals surface area (Å²) < 4.78 is 0. The number of aliphatic hydroxyl groups is 1. The fraction of sp³-hybridized carbons (Fsp3) is 1.00. The molecule has 5 saturated carbocycles. The molecule has 5 aliphatic carbocycles. The lowest BCUT2D eigenvalue weighted by atomic mass is 9.36. The lowest BCUT2D eigenvalue weighted by molar-refractivity contribution is -0.238. The van der Waals surface area contributed by atoms with E-state index < -0.39 is 0 Å². The predicted octanol–water partition coefficient (Wildman–Crippen LogP) is 4.94. The van der Waals surface area contributed by atoms with E-state index >= 15 is 0 Å². The van der Waals surface area contributed by atoms with Crippen molar-refractivity contribution in [3.63, 3.8) is 0 Å². The van der Waals surface area contributed by atoms with Crippen LogP contribution >= 0.6 is 12.6 Å². The minimum Gasteiger partial charge on any atom is -0.392 e. The van der Waals surface area contributed by atoms with Gasteiger partial charge in [0.15, 0.2) is 0 Å². The zero-order valence-electron chi connectivity index (χ0n) is 14.6. The van der Waals surface area contributed by atoms with E-state index in [1.54, 1.807) is 0 Å². The summed E-state index contributed by atoms with van der Waals surface area (Å²) >= 11 is 4.59. The second-order valence-corrected chi connectivity index (χ2v) is 10.4. The van der Waals surface area contributed by atoms with Gasteiger partial charge < -0.3 is 5.11 Å². The van der Waals surface area contributed by atoms with Crippen LogP contribution in [0.2, 0.25) is 0 Å². The number of hydrogen-bond donors (Lipinski definition) is 2. The third-order valence-corrected chi connectivity index (χ3v) is 9.42. The molecule has 0 heterocycles. The molecule has 2 heteroatoms. The third-order valence-electron chi connectivity index (χ3n) is 8.99. The van der Waals surface area contributed by atoms with Crippen LogP contribution in [0.4, 0.5) is 0 Å². The average Bonchev–Trinajstić information content (AvgIpc) is 2.47. The average molecular weight is 323 g/mol. The Kier molecular flexibility index (Phi) is 3.53. The Morgan fingerprint density at radius 3 is 2.45 bits per heavy atom. The highest BCUT2D eigenvalue weighted by molar-refractivity contribution is 7.80. The van der Waals surface area contributed by atoms with Crippen molar-refractivity contribution in [2.75, 3.05) is 5.75 Å². The molecular weight excluding hydrogens is 288 g/mol. The van der Waals surface area contributed by atoms with E-state index in [2.05, 4.69) is 33.4 Å². The number of rotatable bonds is 1. The largest absolute Gasteiger partial charge is 0.392 e. The first-order valence-corrected chi connectivity index (χ1v) is 10.3. The van der Waals surface area contributed by atoms with Gasteiger partial charge in [-0.1, -0.05) is 27.2 Å². The van der Waals surface area contributed by atoms with Gasteiger partial charge in [-0.3, -0.25) is 0 Å². The molecule has 2 bridgehead atoms. The molecule has 0 aliphatic heterocycles. The standard InChI is InChI=1S/C20H34OS/c1-18(2)7-4-8-19(3)15(18)6-10-20-9-5-13(11-16(19)20)14(12-22)17(20)21/h13-17,21-22H,4-12H2,1-3H3. The molecule has 0 aromatic heterocycles. The van der Waals surface area contributed by atoms with Gasteiger partial charge in [-0.15, -0.1) is 0 Å². The van der Waals surface area contributed by atoms with Crippen LogP contribution in [0.3, 0.4) is 0 Å². The molecule has 7 unspecified atom stereocenters. The molecule has 0 aromatic carbocycles. The summed E-state index contributed by atoms with van der Waals surface area (Å²) in [6.45, 7) is 7.63. The lowest BCUT2D eigenvalue weighted by Gasteiger charge is -2.70. The van der Waals surface area contributed by atoms with E-state index in [9.17, 15) is 5.11 Å². The van der Waals surface area contributed by atoms with Crippen LogP contribution in [0.1, 0.15) is 72.1 Å². The van der Waals surface area contributed by atoms with Crippen LogP contribution in [-0.2, 0) is 0 Å². The fourth-order valence-electron chi connectivity index (χ4n) is 8.05. The van der Waals surface area contributed by atoms with Gasteiger partial charge in [0.1, 0.15) is 0 Å². The molecule has 7 atom stereocenters. The van der Waals surface area contributed by atoms with E-state index in [0.29, 0.717) is 16.7 Å². The van der Waals surface area contributed by atoms with Crippen LogP contribution in [0, 0.1) is 39.9 Å². The van der Waals surface area contributed by atoms with E-state index in [0.717, 1.165) is 23.5 Å². The molecule has 0 saturated heterocycles. The van der Waals surface area contributed by atoms with Crippen LogP contribution in [0.5, 0.6) is 0 Å². The Balaban J connectivity index is 1.74. The smallest absolute Gasteiger partial charge is 0.0637 e. The Morgan fingerprint density at radius 1 is 1.00 bits per heavy atom. The van der Waals surface area contributed by atoms with Crippen molar-refractivity contribution in [3.8, 4) is 0 Å². The van der Waals surface area contributed by atoms with E-state index in [-0.39, 0.29) is 11.5 Å². The number of thiol groups is 1. The maximum Gasteiger partial charge on any atom is 0.0637 e. The van der Waals surface area contributed by atoms with Gasteiger partial charge in [0.25, 0.3) is 0 Å². The summed E-state index contributed by atoms with van der Waals surface area (Å²) in [5.74, 6) is 3.71. The Labute approximate surface area is 142 Å². The van der Waals surface area contributed by atoms with Gasteiger partial charge in [-0.2, -0.15) is 12.6 Å². The molecule has 5 rings (SSSR count). The van der Waals surface area contributed by atoms with Crippen molar-refractivity contribution < 1.29 is 5.11 Å². The monoisotopic (exact) mass is 322 g/mol. The summed E-state index contributed by atoms with van der Waals surface area (Å²) in [5, 5.41) is 11.2. The van der Waals surface area contributed by atoms with Gasteiger partial charge >= 0.3 is 0 Å². The van der Waals surface area contributed by atoms with Gasteiger partial charge in [0, 0.05) is 0 Å². The maximum atomic E-state index is 11.2. The molecule has 126 valence electrons. The zero-order chi connectivity index (χ0) is 15.8. The van der Waals surface area contributed by atoms with E-state index in [1.165, 1.54) is 51.4 Å². The topological polar surface area (TPSA) is 20.2 Å². The molecular formula is C20H34OS. The van der Waals surface area contributed by atoms with Crippen molar-refractivity contribution in [2.24, 2.45) is 39.9 Å². The molecule has 5 aliphatic rings. The summed E-state index contributed by atoms with van der Waals surface area (Å²) in [6.07, 6.45) is 10.8. The normalized spacial score (nSPS) is 56.3. The number of aliphatic hydroxyl groups excluding tert-OH is 1. The van der Waals surface area contributed by atoms with Crippen molar-refractivity contribution in [1.82, 2.24) is 0 Å². The molecule has 1 N–H and O–H groups in total. The van der Waals surface area contributed by atoms with Gasteiger partial charge in [-0.05, 0) is 90.6 Å². The molecule has 5 fully saturated rings. The molecule has 0 amide bonds. The van der Waals surface area contributed by atoms with Crippen molar-refractivity contribution in [3.05, 3.63) is 0 Å². The zero-order valence-corrected chi connectivity index (χ0v) is 15.5. The minimum absolute atomic E-state index is 0.0784. The second-order valence-electron chi connectivity index (χ2n) is 10.1. The quantitative estimate of drug-likeness (QED) is 0.655. The summed E-state index contributed by atoms with van der Waals surface area (Å²) in [6, 6.07) is 0. The van der Waals surface area contributed by atoms with Crippen LogP contribution < -0.4 is 0 Å². The van der Waals surface area contributed by atoms with Crippen LogP contribution in [0.25, 0.3) is 0 Å². The number of hydrogen-bond acceptors (Lipinski definition) is 2.